The summed E-state index contributed by atoms with van der Waals surface area (Å²) in [6.45, 7) is 0. The van der Waals surface area contributed by atoms with E-state index in [1.54, 1.807) is 31.4 Å². The third-order valence-corrected chi connectivity index (χ3v) is 5.13. The molecule has 0 aliphatic carbocycles. The fourth-order valence-corrected chi connectivity index (χ4v) is 3.47. The minimum Gasteiger partial charge on any atom is -0.497 e. The van der Waals surface area contributed by atoms with E-state index in [9.17, 15) is 9.59 Å². The van der Waals surface area contributed by atoms with E-state index < -0.39 is 5.91 Å². The van der Waals surface area contributed by atoms with E-state index in [0.29, 0.717) is 22.6 Å². The molecular weight excluding hydrogens is 390 g/mol. The van der Waals surface area contributed by atoms with Gasteiger partial charge in [-0.05, 0) is 54.1 Å². The largest absolute Gasteiger partial charge is 0.497 e. The summed E-state index contributed by atoms with van der Waals surface area (Å²) in [4.78, 5) is 30.0. The second kappa shape index (κ2) is 8.36. The van der Waals surface area contributed by atoms with Crippen LogP contribution in [0.5, 0.6) is 5.75 Å². The van der Waals surface area contributed by atoms with Crippen LogP contribution in [-0.2, 0) is 9.59 Å². The van der Waals surface area contributed by atoms with Gasteiger partial charge in [-0.3, -0.25) is 9.59 Å². The van der Waals surface area contributed by atoms with Crippen LogP contribution >= 0.6 is 0 Å². The first kappa shape index (κ1) is 20.2. The molecule has 1 heterocycles. The Morgan fingerprint density at radius 2 is 1.45 bits per heavy atom. The topological polar surface area (TPSA) is 61.9 Å². The van der Waals surface area contributed by atoms with Crippen LogP contribution < -0.4 is 19.9 Å². The van der Waals surface area contributed by atoms with Crippen molar-refractivity contribution in [1.29, 1.82) is 0 Å². The summed E-state index contributed by atoms with van der Waals surface area (Å²) in [5.74, 6) is -0.113. The fraction of sp³-hybridized carbons (Fsp3) is 0.120. The van der Waals surface area contributed by atoms with Crippen molar-refractivity contribution in [2.75, 3.05) is 36.3 Å². The van der Waals surface area contributed by atoms with Gasteiger partial charge in [0.25, 0.3) is 11.8 Å². The van der Waals surface area contributed by atoms with Gasteiger partial charge in [0.1, 0.15) is 11.4 Å². The summed E-state index contributed by atoms with van der Waals surface area (Å²) in [6.07, 6.45) is 0. The Morgan fingerprint density at radius 3 is 2.03 bits per heavy atom. The molecule has 6 nitrogen and oxygen atoms in total. The molecule has 0 atom stereocenters. The van der Waals surface area contributed by atoms with Crippen LogP contribution in [0.2, 0.25) is 0 Å². The molecule has 0 fully saturated rings. The molecule has 0 spiro atoms. The van der Waals surface area contributed by atoms with Gasteiger partial charge in [0.2, 0.25) is 0 Å². The first-order chi connectivity index (χ1) is 15.0. The SMILES string of the molecule is COc1ccc(N2C(=O)C(Nc3ccc(N(C)C)cc3)=C(c3ccccc3)C2=O)cc1. The molecule has 0 radical (unpaired) electrons. The smallest absolute Gasteiger partial charge is 0.282 e. The molecule has 2 amide bonds. The second-order valence-corrected chi connectivity index (χ2v) is 7.33. The van der Waals surface area contributed by atoms with Crippen molar-refractivity contribution in [3.8, 4) is 5.75 Å². The van der Waals surface area contributed by atoms with Crippen molar-refractivity contribution < 1.29 is 14.3 Å². The number of anilines is 3. The zero-order valence-corrected chi connectivity index (χ0v) is 17.6. The highest BCUT2D eigenvalue weighted by Gasteiger charge is 2.40. The van der Waals surface area contributed by atoms with Crippen LogP contribution in [0.3, 0.4) is 0 Å². The number of hydrogen-bond donors (Lipinski definition) is 1. The van der Waals surface area contributed by atoms with Gasteiger partial charge in [0.15, 0.2) is 0 Å². The number of imide groups is 1. The Balaban J connectivity index is 1.74. The quantitative estimate of drug-likeness (QED) is 0.615. The number of nitrogens with zero attached hydrogens (tertiary/aromatic N) is 2. The third-order valence-electron chi connectivity index (χ3n) is 5.13. The van der Waals surface area contributed by atoms with Crippen LogP contribution in [0, 0.1) is 0 Å². The highest BCUT2D eigenvalue weighted by atomic mass is 16.5. The molecule has 3 aromatic carbocycles. The zero-order chi connectivity index (χ0) is 22.0. The lowest BCUT2D eigenvalue weighted by atomic mass is 10.0. The van der Waals surface area contributed by atoms with Gasteiger partial charge < -0.3 is 15.0 Å². The average Bonchev–Trinajstić information content (AvgIpc) is 3.04. The molecule has 0 unspecified atom stereocenters. The monoisotopic (exact) mass is 413 g/mol. The van der Waals surface area contributed by atoms with Gasteiger partial charge in [0, 0.05) is 25.5 Å². The first-order valence-electron chi connectivity index (χ1n) is 9.86. The number of benzene rings is 3. The third kappa shape index (κ3) is 3.88. The summed E-state index contributed by atoms with van der Waals surface area (Å²) >= 11 is 0. The number of hydrogen-bond acceptors (Lipinski definition) is 5. The Hall–Kier alpha value is -4.06. The molecule has 156 valence electrons. The second-order valence-electron chi connectivity index (χ2n) is 7.33. The van der Waals surface area contributed by atoms with Gasteiger partial charge in [-0.2, -0.15) is 0 Å². The molecule has 0 saturated carbocycles. The maximum atomic E-state index is 13.4. The van der Waals surface area contributed by atoms with E-state index in [-0.39, 0.29) is 11.6 Å². The van der Waals surface area contributed by atoms with Crippen LogP contribution in [0.15, 0.2) is 84.6 Å². The lowest BCUT2D eigenvalue weighted by Crippen LogP contribution is -2.32. The predicted octanol–water partition coefficient (Wildman–Crippen LogP) is 4.16. The number of carbonyl (C=O) groups is 2. The molecule has 0 aromatic heterocycles. The Morgan fingerprint density at radius 1 is 0.806 bits per heavy atom. The lowest BCUT2D eigenvalue weighted by Gasteiger charge is -2.16. The van der Waals surface area contributed by atoms with E-state index in [0.717, 1.165) is 11.4 Å². The Labute approximate surface area is 181 Å². The molecule has 4 rings (SSSR count). The molecule has 1 aliphatic rings. The lowest BCUT2D eigenvalue weighted by molar-refractivity contribution is -0.120. The standard InChI is InChI=1S/C25H23N3O3/c1-27(2)19-11-9-18(10-12-19)26-23-22(17-7-5-4-6-8-17)24(29)28(25(23)30)20-13-15-21(31-3)16-14-20/h4-16,26H,1-3H3. The van der Waals surface area contributed by atoms with Gasteiger partial charge >= 0.3 is 0 Å². The first-order valence-corrected chi connectivity index (χ1v) is 9.86. The molecule has 3 aromatic rings. The van der Waals surface area contributed by atoms with Gasteiger partial charge in [-0.25, -0.2) is 4.90 Å². The number of rotatable bonds is 6. The molecular formula is C25H23N3O3. The van der Waals surface area contributed by atoms with Crippen molar-refractivity contribution in [1.82, 2.24) is 0 Å². The Bertz CT molecular complexity index is 1130. The normalized spacial score (nSPS) is 13.6. The van der Waals surface area contributed by atoms with Crippen LogP contribution in [0.25, 0.3) is 5.57 Å². The maximum Gasteiger partial charge on any atom is 0.282 e. The minimum atomic E-state index is -0.397. The van der Waals surface area contributed by atoms with Crippen LogP contribution in [0.4, 0.5) is 17.1 Å². The summed E-state index contributed by atoms with van der Waals surface area (Å²) in [6, 6.07) is 23.8. The fourth-order valence-electron chi connectivity index (χ4n) is 3.47. The summed E-state index contributed by atoms with van der Waals surface area (Å²) in [7, 11) is 5.49. The maximum absolute atomic E-state index is 13.4. The van der Waals surface area contributed by atoms with Crippen molar-refractivity contribution in [2.45, 2.75) is 0 Å². The van der Waals surface area contributed by atoms with Crippen molar-refractivity contribution in [3.05, 3.63) is 90.1 Å². The molecule has 31 heavy (non-hydrogen) atoms. The zero-order valence-electron chi connectivity index (χ0n) is 17.6. The predicted molar refractivity (Wildman–Crippen MR) is 123 cm³/mol. The van der Waals surface area contributed by atoms with Crippen molar-refractivity contribution >= 4 is 34.4 Å². The van der Waals surface area contributed by atoms with E-state index >= 15 is 0 Å². The number of nitrogens with one attached hydrogen (secondary N) is 1. The number of carbonyl (C=O) groups excluding carboxylic acids is 2. The van der Waals surface area contributed by atoms with Gasteiger partial charge in [0.05, 0.1) is 18.4 Å². The molecule has 0 bridgehead atoms. The van der Waals surface area contributed by atoms with Gasteiger partial charge in [-0.1, -0.05) is 30.3 Å². The highest BCUT2D eigenvalue weighted by Crippen LogP contribution is 2.34. The Kier molecular flexibility index (Phi) is 5.45. The van der Waals surface area contributed by atoms with Gasteiger partial charge in [-0.15, -0.1) is 0 Å². The summed E-state index contributed by atoms with van der Waals surface area (Å²) in [5, 5.41) is 3.18. The van der Waals surface area contributed by atoms with E-state index in [4.69, 9.17) is 4.74 Å². The number of amides is 2. The summed E-state index contributed by atoms with van der Waals surface area (Å²) < 4.78 is 5.19. The van der Waals surface area contributed by atoms with E-state index in [1.807, 2.05) is 73.6 Å². The van der Waals surface area contributed by atoms with Crippen LogP contribution in [-0.4, -0.2) is 33.0 Å². The van der Waals surface area contributed by atoms with E-state index in [1.165, 1.54) is 4.90 Å². The van der Waals surface area contributed by atoms with Crippen molar-refractivity contribution in [3.63, 3.8) is 0 Å². The average molecular weight is 413 g/mol. The van der Waals surface area contributed by atoms with E-state index in [2.05, 4.69) is 5.32 Å². The van der Waals surface area contributed by atoms with Crippen LogP contribution in [0.1, 0.15) is 5.56 Å². The number of methoxy groups -OCH3 is 1. The minimum absolute atomic E-state index is 0.254. The molecule has 0 saturated heterocycles. The highest BCUT2D eigenvalue weighted by molar-refractivity contribution is 6.46. The van der Waals surface area contributed by atoms with Crippen molar-refractivity contribution in [2.24, 2.45) is 0 Å². The number of ether oxygens (including phenoxy) is 1. The molecule has 1 aliphatic heterocycles. The summed E-state index contributed by atoms with van der Waals surface area (Å²) in [5.41, 5.74) is 3.54. The molecule has 6 heteroatoms. The molecule has 1 N–H and O–H groups in total.